The summed E-state index contributed by atoms with van der Waals surface area (Å²) < 4.78 is 0. The standard InChI is InChI=1S/C22H24Cl2N6O/c23-15-5-3-14(4-6-15)19(18-2-1-7-25-18)22(31)30-10-8-29(9-11-30)20-16-12-27-28-21(16)26-13-17(20)24/h3-6,12-13,18-19,25H,1-2,7-11H2,(H,26,27,28). The molecule has 2 unspecified atom stereocenters. The van der Waals surface area contributed by atoms with E-state index >= 15 is 0 Å². The Morgan fingerprint density at radius 1 is 1.10 bits per heavy atom. The Kier molecular flexibility index (Phi) is 5.73. The van der Waals surface area contributed by atoms with E-state index in [0.717, 1.165) is 36.0 Å². The number of rotatable bonds is 4. The Balaban J connectivity index is 1.35. The lowest BCUT2D eigenvalue weighted by atomic mass is 9.89. The van der Waals surface area contributed by atoms with Gasteiger partial charge in [-0.2, -0.15) is 5.10 Å². The smallest absolute Gasteiger partial charge is 0.231 e. The second kappa shape index (κ2) is 8.65. The minimum atomic E-state index is -0.198. The second-order valence-electron chi connectivity index (χ2n) is 8.13. The van der Waals surface area contributed by atoms with Crippen molar-refractivity contribution < 1.29 is 4.79 Å². The minimum Gasteiger partial charge on any atom is -0.366 e. The highest BCUT2D eigenvalue weighted by molar-refractivity contribution is 6.34. The number of fused-ring (bicyclic) bond motifs is 1. The van der Waals surface area contributed by atoms with Crippen LogP contribution in [-0.4, -0.2) is 64.8 Å². The van der Waals surface area contributed by atoms with Gasteiger partial charge in [0.15, 0.2) is 5.65 Å². The molecule has 1 aromatic carbocycles. The third kappa shape index (κ3) is 3.97. The van der Waals surface area contributed by atoms with E-state index in [-0.39, 0.29) is 17.9 Å². The third-order valence-corrected chi connectivity index (χ3v) is 6.84. The Hall–Kier alpha value is -2.35. The predicted molar refractivity (Wildman–Crippen MR) is 123 cm³/mol. The SMILES string of the molecule is O=C(C(c1ccc(Cl)cc1)C1CCCN1)N1CCN(c2c(Cl)cnc3[nH]ncc23)CC1. The number of carbonyl (C=O) groups is 1. The number of aromatic nitrogens is 3. The first-order valence-corrected chi connectivity index (χ1v) is 11.4. The van der Waals surface area contributed by atoms with Crippen molar-refractivity contribution in [3.63, 3.8) is 0 Å². The molecule has 0 radical (unpaired) electrons. The zero-order valence-corrected chi connectivity index (χ0v) is 18.5. The maximum absolute atomic E-state index is 13.6. The molecule has 2 aliphatic rings. The maximum Gasteiger partial charge on any atom is 0.231 e. The van der Waals surface area contributed by atoms with E-state index in [2.05, 4.69) is 25.4 Å². The number of hydrogen-bond donors (Lipinski definition) is 2. The fourth-order valence-corrected chi connectivity index (χ4v) is 5.14. The van der Waals surface area contributed by atoms with E-state index in [4.69, 9.17) is 23.2 Å². The normalized spacial score (nSPS) is 20.4. The van der Waals surface area contributed by atoms with Crippen LogP contribution in [0.4, 0.5) is 5.69 Å². The number of carbonyl (C=O) groups excluding carboxylic acids is 1. The summed E-state index contributed by atoms with van der Waals surface area (Å²) in [5.41, 5.74) is 2.67. The van der Waals surface area contributed by atoms with Crippen LogP contribution in [0.3, 0.4) is 0 Å². The summed E-state index contributed by atoms with van der Waals surface area (Å²) >= 11 is 12.6. The van der Waals surface area contributed by atoms with Crippen molar-refractivity contribution in [3.8, 4) is 0 Å². The average molecular weight is 459 g/mol. The van der Waals surface area contributed by atoms with Gasteiger partial charge >= 0.3 is 0 Å². The molecule has 2 atom stereocenters. The van der Waals surface area contributed by atoms with E-state index in [0.29, 0.717) is 41.9 Å². The van der Waals surface area contributed by atoms with Gasteiger partial charge in [0.1, 0.15) is 0 Å². The molecule has 4 heterocycles. The molecule has 2 fully saturated rings. The molecular weight excluding hydrogens is 435 g/mol. The van der Waals surface area contributed by atoms with E-state index in [9.17, 15) is 4.79 Å². The molecule has 1 amide bonds. The van der Waals surface area contributed by atoms with Gasteiger partial charge in [0.05, 0.1) is 34.4 Å². The zero-order valence-electron chi connectivity index (χ0n) is 17.0. The van der Waals surface area contributed by atoms with Gasteiger partial charge < -0.3 is 15.1 Å². The highest BCUT2D eigenvalue weighted by Crippen LogP contribution is 2.34. The number of halogens is 2. The first-order valence-electron chi connectivity index (χ1n) is 10.6. The number of piperazine rings is 1. The predicted octanol–water partition coefficient (Wildman–Crippen LogP) is 3.45. The molecule has 0 bridgehead atoms. The summed E-state index contributed by atoms with van der Waals surface area (Å²) in [5.74, 6) is -0.0212. The fourth-order valence-electron chi connectivity index (χ4n) is 4.74. The Bertz CT molecular complexity index is 1070. The van der Waals surface area contributed by atoms with Crippen LogP contribution in [0.2, 0.25) is 10.0 Å². The topological polar surface area (TPSA) is 77.2 Å². The van der Waals surface area contributed by atoms with Crippen LogP contribution in [-0.2, 0) is 4.79 Å². The van der Waals surface area contributed by atoms with Gasteiger partial charge in [-0.25, -0.2) is 4.98 Å². The van der Waals surface area contributed by atoms with Gasteiger partial charge in [0, 0.05) is 37.2 Å². The molecule has 31 heavy (non-hydrogen) atoms. The van der Waals surface area contributed by atoms with Gasteiger partial charge in [-0.05, 0) is 37.1 Å². The summed E-state index contributed by atoms with van der Waals surface area (Å²) in [7, 11) is 0. The summed E-state index contributed by atoms with van der Waals surface area (Å²) in [6.07, 6.45) is 5.50. The van der Waals surface area contributed by atoms with Gasteiger partial charge in [-0.3, -0.25) is 9.89 Å². The first-order chi connectivity index (χ1) is 15.1. The largest absolute Gasteiger partial charge is 0.366 e. The minimum absolute atomic E-state index is 0.159. The molecule has 0 spiro atoms. The number of nitrogens with zero attached hydrogens (tertiary/aromatic N) is 4. The van der Waals surface area contributed by atoms with Crippen molar-refractivity contribution in [3.05, 3.63) is 52.3 Å². The van der Waals surface area contributed by atoms with Crippen molar-refractivity contribution in [2.45, 2.75) is 24.8 Å². The van der Waals surface area contributed by atoms with Crippen LogP contribution in [0, 0.1) is 0 Å². The molecule has 2 aliphatic heterocycles. The highest BCUT2D eigenvalue weighted by atomic mass is 35.5. The third-order valence-electron chi connectivity index (χ3n) is 6.31. The van der Waals surface area contributed by atoms with Crippen LogP contribution in [0.5, 0.6) is 0 Å². The fraction of sp³-hybridized carbons (Fsp3) is 0.409. The molecular formula is C22H24Cl2N6O. The number of aromatic amines is 1. The second-order valence-corrected chi connectivity index (χ2v) is 8.98. The molecule has 2 N–H and O–H groups in total. The van der Waals surface area contributed by atoms with Crippen LogP contribution < -0.4 is 10.2 Å². The van der Waals surface area contributed by atoms with Crippen LogP contribution in [0.1, 0.15) is 24.3 Å². The molecule has 9 heteroatoms. The van der Waals surface area contributed by atoms with Gasteiger partial charge in [0.2, 0.25) is 5.91 Å². The van der Waals surface area contributed by atoms with E-state index in [1.165, 1.54) is 0 Å². The summed E-state index contributed by atoms with van der Waals surface area (Å²) in [6.45, 7) is 3.67. The Morgan fingerprint density at radius 3 is 2.58 bits per heavy atom. The van der Waals surface area contributed by atoms with Gasteiger partial charge in [0.25, 0.3) is 0 Å². The van der Waals surface area contributed by atoms with Gasteiger partial charge in [-0.1, -0.05) is 35.3 Å². The summed E-state index contributed by atoms with van der Waals surface area (Å²) in [4.78, 5) is 22.1. The van der Waals surface area contributed by atoms with Crippen molar-refractivity contribution in [1.82, 2.24) is 25.4 Å². The van der Waals surface area contributed by atoms with Crippen LogP contribution >= 0.6 is 23.2 Å². The van der Waals surface area contributed by atoms with Crippen molar-refractivity contribution >= 4 is 45.8 Å². The first kappa shape index (κ1) is 20.5. The summed E-state index contributed by atoms with van der Waals surface area (Å²) in [6, 6.07) is 7.85. The molecule has 7 nitrogen and oxygen atoms in total. The highest BCUT2D eigenvalue weighted by Gasteiger charge is 2.36. The lowest BCUT2D eigenvalue weighted by molar-refractivity contribution is -0.133. The molecule has 3 aromatic rings. The maximum atomic E-state index is 13.6. The monoisotopic (exact) mass is 458 g/mol. The Morgan fingerprint density at radius 2 is 1.87 bits per heavy atom. The van der Waals surface area contributed by atoms with Crippen LogP contribution in [0.15, 0.2) is 36.7 Å². The lowest BCUT2D eigenvalue weighted by Crippen LogP contribution is -2.52. The number of pyridine rings is 1. The number of amides is 1. The summed E-state index contributed by atoms with van der Waals surface area (Å²) in [5, 5.41) is 12.7. The number of hydrogen-bond acceptors (Lipinski definition) is 5. The van der Waals surface area contributed by atoms with E-state index in [1.807, 2.05) is 29.2 Å². The van der Waals surface area contributed by atoms with E-state index < -0.39 is 0 Å². The number of nitrogens with one attached hydrogen (secondary N) is 2. The van der Waals surface area contributed by atoms with E-state index in [1.54, 1.807) is 12.4 Å². The average Bonchev–Trinajstić information content (AvgIpc) is 3.48. The number of anilines is 1. The van der Waals surface area contributed by atoms with Crippen molar-refractivity contribution in [2.75, 3.05) is 37.6 Å². The van der Waals surface area contributed by atoms with Crippen LogP contribution in [0.25, 0.3) is 11.0 Å². The molecule has 5 rings (SSSR count). The number of H-pyrrole nitrogens is 1. The molecule has 0 saturated carbocycles. The molecule has 162 valence electrons. The molecule has 2 aromatic heterocycles. The number of benzene rings is 1. The quantitative estimate of drug-likeness (QED) is 0.625. The van der Waals surface area contributed by atoms with Crippen molar-refractivity contribution in [2.24, 2.45) is 0 Å². The van der Waals surface area contributed by atoms with Gasteiger partial charge in [-0.15, -0.1) is 0 Å². The Labute approximate surface area is 190 Å². The zero-order chi connectivity index (χ0) is 21.4. The molecule has 0 aliphatic carbocycles. The van der Waals surface area contributed by atoms with Crippen molar-refractivity contribution in [1.29, 1.82) is 0 Å². The lowest BCUT2D eigenvalue weighted by Gasteiger charge is -2.39. The molecule has 2 saturated heterocycles.